The van der Waals surface area contributed by atoms with E-state index in [0.29, 0.717) is 12.1 Å². The average molecular weight is 378 g/mol. The monoisotopic (exact) mass is 378 g/mol. The zero-order valence-corrected chi connectivity index (χ0v) is 16.4. The first-order valence-corrected chi connectivity index (χ1v) is 9.72. The van der Waals surface area contributed by atoms with Gasteiger partial charge in [0.05, 0.1) is 30.0 Å². The third kappa shape index (κ3) is 4.24. The average Bonchev–Trinajstić information content (AvgIpc) is 3.14. The van der Waals surface area contributed by atoms with Crippen LogP contribution in [-0.4, -0.2) is 46.8 Å². The Bertz CT molecular complexity index is 982. The van der Waals surface area contributed by atoms with Gasteiger partial charge >= 0.3 is 0 Å². The van der Waals surface area contributed by atoms with Crippen LogP contribution >= 0.6 is 0 Å². The van der Waals surface area contributed by atoms with Gasteiger partial charge in [0.2, 0.25) is 0 Å². The van der Waals surface area contributed by atoms with E-state index >= 15 is 0 Å². The molecule has 2 heterocycles. The quantitative estimate of drug-likeness (QED) is 0.716. The maximum absolute atomic E-state index is 12.7. The number of hydrogen-bond acceptors (Lipinski definition) is 4. The van der Waals surface area contributed by atoms with Crippen molar-refractivity contribution in [1.29, 1.82) is 0 Å². The highest BCUT2D eigenvalue weighted by atomic mass is 16.5. The lowest BCUT2D eigenvalue weighted by molar-refractivity contribution is -0.0212. The molecular formula is C22H26N4O2. The second-order valence-corrected chi connectivity index (χ2v) is 7.57. The zero-order valence-electron chi connectivity index (χ0n) is 16.4. The molecule has 6 nitrogen and oxygen atoms in total. The van der Waals surface area contributed by atoms with Gasteiger partial charge in [-0.15, -0.1) is 0 Å². The van der Waals surface area contributed by atoms with Crippen molar-refractivity contribution in [1.82, 2.24) is 20.4 Å². The number of H-pyrrole nitrogens is 1. The highest BCUT2D eigenvalue weighted by molar-refractivity contribution is 6.05. The summed E-state index contributed by atoms with van der Waals surface area (Å²) in [4.78, 5) is 15.1. The van der Waals surface area contributed by atoms with Crippen LogP contribution in [0.5, 0.6) is 0 Å². The third-order valence-corrected chi connectivity index (χ3v) is 5.11. The number of rotatable bonds is 5. The number of nitrogens with one attached hydrogen (secondary N) is 2. The van der Waals surface area contributed by atoms with Crippen LogP contribution in [0.4, 0.5) is 0 Å². The first kappa shape index (κ1) is 18.7. The standard InChI is InChI=1S/C22H26N4O2/c1-15-8-19-12-24-25-21(19)20(9-15)22(27)23-11-17-4-3-5-18(10-17)14-26-6-7-28-16(2)13-26/h3-5,8-10,12,16H,6-7,11,13-14H2,1-2H3,(H,23,27)(H,24,25). The number of carbonyl (C=O) groups excluding carboxylic acids is 1. The van der Waals surface area contributed by atoms with Gasteiger partial charge in [-0.1, -0.05) is 24.3 Å². The highest BCUT2D eigenvalue weighted by Crippen LogP contribution is 2.19. The number of aryl methyl sites for hydroxylation is 1. The maximum Gasteiger partial charge on any atom is 0.253 e. The Morgan fingerprint density at radius 1 is 1.32 bits per heavy atom. The van der Waals surface area contributed by atoms with Gasteiger partial charge in [0, 0.05) is 31.6 Å². The zero-order chi connectivity index (χ0) is 19.5. The van der Waals surface area contributed by atoms with E-state index in [9.17, 15) is 4.79 Å². The van der Waals surface area contributed by atoms with Crippen LogP contribution in [0.25, 0.3) is 10.9 Å². The van der Waals surface area contributed by atoms with Gasteiger partial charge in [-0.25, -0.2) is 0 Å². The number of nitrogens with zero attached hydrogens (tertiary/aromatic N) is 2. The largest absolute Gasteiger partial charge is 0.376 e. The van der Waals surface area contributed by atoms with Crippen molar-refractivity contribution in [2.75, 3.05) is 19.7 Å². The molecule has 0 bridgehead atoms. The summed E-state index contributed by atoms with van der Waals surface area (Å²) in [5, 5.41) is 11.0. The SMILES string of the molecule is Cc1cc(C(=O)NCc2cccc(CN3CCOC(C)C3)c2)c2[nH]ncc2c1. The van der Waals surface area contributed by atoms with Gasteiger partial charge in [-0.3, -0.25) is 14.8 Å². The molecule has 1 aliphatic rings. The summed E-state index contributed by atoms with van der Waals surface area (Å²) in [6.07, 6.45) is 2.03. The molecule has 6 heteroatoms. The van der Waals surface area contributed by atoms with Crippen LogP contribution < -0.4 is 5.32 Å². The number of amides is 1. The lowest BCUT2D eigenvalue weighted by Gasteiger charge is -2.31. The van der Waals surface area contributed by atoms with Crippen molar-refractivity contribution >= 4 is 16.8 Å². The Balaban J connectivity index is 1.42. The second-order valence-electron chi connectivity index (χ2n) is 7.57. The summed E-state index contributed by atoms with van der Waals surface area (Å²) in [6, 6.07) is 12.3. The third-order valence-electron chi connectivity index (χ3n) is 5.11. The van der Waals surface area contributed by atoms with Gasteiger partial charge < -0.3 is 10.1 Å². The molecule has 0 radical (unpaired) electrons. The Hall–Kier alpha value is -2.70. The smallest absolute Gasteiger partial charge is 0.253 e. The van der Waals surface area contributed by atoms with Crippen molar-refractivity contribution in [2.24, 2.45) is 0 Å². The predicted molar refractivity (Wildman–Crippen MR) is 109 cm³/mol. The molecule has 0 aliphatic carbocycles. The van der Waals surface area contributed by atoms with Crippen LogP contribution in [-0.2, 0) is 17.8 Å². The van der Waals surface area contributed by atoms with Crippen LogP contribution in [0.1, 0.15) is 34.0 Å². The van der Waals surface area contributed by atoms with E-state index in [2.05, 4.69) is 45.5 Å². The fraction of sp³-hybridized carbons (Fsp3) is 0.364. The molecule has 0 spiro atoms. The molecule has 1 fully saturated rings. The summed E-state index contributed by atoms with van der Waals surface area (Å²) >= 11 is 0. The van der Waals surface area contributed by atoms with Crippen molar-refractivity contribution in [3.8, 4) is 0 Å². The van der Waals surface area contributed by atoms with Gasteiger partial charge in [-0.2, -0.15) is 5.10 Å². The molecule has 1 atom stereocenters. The first-order chi connectivity index (χ1) is 13.6. The van der Waals surface area contributed by atoms with E-state index in [-0.39, 0.29) is 12.0 Å². The number of aromatic nitrogens is 2. The molecule has 1 aliphatic heterocycles. The molecule has 28 heavy (non-hydrogen) atoms. The van der Waals surface area contributed by atoms with Gasteiger partial charge in [0.25, 0.3) is 5.91 Å². The highest BCUT2D eigenvalue weighted by Gasteiger charge is 2.17. The van der Waals surface area contributed by atoms with Crippen molar-refractivity contribution < 1.29 is 9.53 Å². The summed E-state index contributed by atoms with van der Waals surface area (Å²) in [6.45, 7) is 8.19. The van der Waals surface area contributed by atoms with E-state index in [1.54, 1.807) is 6.20 Å². The number of fused-ring (bicyclic) bond motifs is 1. The molecule has 1 unspecified atom stereocenters. The Morgan fingerprint density at radius 3 is 3.04 bits per heavy atom. The predicted octanol–water partition coefficient (Wildman–Crippen LogP) is 3.02. The van der Waals surface area contributed by atoms with Crippen molar-refractivity contribution in [3.63, 3.8) is 0 Å². The minimum absolute atomic E-state index is 0.0923. The molecule has 1 aromatic heterocycles. The Kier molecular flexibility index (Phi) is 5.41. The number of morpholine rings is 1. The lowest BCUT2D eigenvalue weighted by atomic mass is 10.1. The molecule has 1 amide bonds. The minimum Gasteiger partial charge on any atom is -0.376 e. The van der Waals surface area contributed by atoms with E-state index in [0.717, 1.165) is 48.3 Å². The van der Waals surface area contributed by atoms with Gasteiger partial charge in [0.15, 0.2) is 0 Å². The topological polar surface area (TPSA) is 70.2 Å². The fourth-order valence-electron chi connectivity index (χ4n) is 3.79. The van der Waals surface area contributed by atoms with Gasteiger partial charge in [0.1, 0.15) is 0 Å². The molecule has 1 saturated heterocycles. The van der Waals surface area contributed by atoms with E-state index < -0.39 is 0 Å². The van der Waals surface area contributed by atoms with Crippen molar-refractivity contribution in [2.45, 2.75) is 33.0 Å². The molecular weight excluding hydrogens is 352 g/mol. The molecule has 0 saturated carbocycles. The summed E-state index contributed by atoms with van der Waals surface area (Å²) < 4.78 is 5.61. The summed E-state index contributed by atoms with van der Waals surface area (Å²) in [5.74, 6) is -0.0923. The van der Waals surface area contributed by atoms with Crippen molar-refractivity contribution in [3.05, 3.63) is 64.8 Å². The van der Waals surface area contributed by atoms with E-state index in [1.807, 2.05) is 25.1 Å². The summed E-state index contributed by atoms with van der Waals surface area (Å²) in [5.41, 5.74) is 4.80. The normalized spacial score (nSPS) is 17.7. The number of aromatic amines is 1. The molecule has 2 aromatic carbocycles. The fourth-order valence-corrected chi connectivity index (χ4v) is 3.79. The molecule has 146 valence electrons. The van der Waals surface area contributed by atoms with E-state index in [1.165, 1.54) is 5.56 Å². The Labute approximate surface area is 164 Å². The van der Waals surface area contributed by atoms with Crippen LogP contribution in [0, 0.1) is 6.92 Å². The number of benzene rings is 2. The second kappa shape index (κ2) is 8.12. The Morgan fingerprint density at radius 2 is 2.18 bits per heavy atom. The van der Waals surface area contributed by atoms with E-state index in [4.69, 9.17) is 4.74 Å². The number of hydrogen-bond donors (Lipinski definition) is 2. The van der Waals surface area contributed by atoms with Gasteiger partial charge in [-0.05, 0) is 42.7 Å². The molecule has 3 aromatic rings. The number of carbonyl (C=O) groups is 1. The molecule has 4 rings (SSSR count). The summed E-state index contributed by atoms with van der Waals surface area (Å²) in [7, 11) is 0. The number of ether oxygens (including phenoxy) is 1. The minimum atomic E-state index is -0.0923. The van der Waals surface area contributed by atoms with Crippen LogP contribution in [0.15, 0.2) is 42.6 Å². The first-order valence-electron chi connectivity index (χ1n) is 9.72. The van der Waals surface area contributed by atoms with Crippen LogP contribution in [0.3, 0.4) is 0 Å². The lowest BCUT2D eigenvalue weighted by Crippen LogP contribution is -2.40. The maximum atomic E-state index is 12.7. The molecule has 2 N–H and O–H groups in total. The van der Waals surface area contributed by atoms with Crippen LogP contribution in [0.2, 0.25) is 0 Å².